The molecular weight excluding hydrogens is 322 g/mol. The minimum atomic E-state index is 0.126. The van der Waals surface area contributed by atoms with Gasteiger partial charge < -0.3 is 0 Å². The number of aromatic nitrogens is 3. The van der Waals surface area contributed by atoms with Crippen molar-refractivity contribution in [1.29, 1.82) is 0 Å². The third kappa shape index (κ3) is 3.26. The molecule has 4 aromatic rings. The highest BCUT2D eigenvalue weighted by molar-refractivity contribution is 5.99. The Bertz CT molecular complexity index is 1070. The van der Waals surface area contributed by atoms with E-state index in [-0.39, 0.29) is 5.78 Å². The number of pyridine rings is 1. The van der Waals surface area contributed by atoms with Crippen molar-refractivity contribution in [2.24, 2.45) is 0 Å². The summed E-state index contributed by atoms with van der Waals surface area (Å²) in [5.74, 6) is 0.126. The largest absolute Gasteiger partial charge is 0.299 e. The van der Waals surface area contributed by atoms with Crippen molar-refractivity contribution in [3.8, 4) is 5.69 Å². The predicted molar refractivity (Wildman–Crippen MR) is 103 cm³/mol. The monoisotopic (exact) mass is 341 g/mol. The lowest BCUT2D eigenvalue weighted by atomic mass is 10.0. The fourth-order valence-electron chi connectivity index (χ4n) is 3.12. The van der Waals surface area contributed by atoms with Crippen LogP contribution in [0.5, 0.6) is 0 Å². The molecule has 0 bridgehead atoms. The highest BCUT2D eigenvalue weighted by atomic mass is 16.1. The van der Waals surface area contributed by atoms with Crippen LogP contribution >= 0.6 is 0 Å². The van der Waals surface area contributed by atoms with Gasteiger partial charge in [-0.1, -0.05) is 18.2 Å². The van der Waals surface area contributed by atoms with E-state index in [1.807, 2.05) is 47.3 Å². The molecule has 0 atom stereocenters. The van der Waals surface area contributed by atoms with Gasteiger partial charge in [0.15, 0.2) is 5.78 Å². The molecule has 4 heteroatoms. The molecule has 0 N–H and O–H groups in total. The van der Waals surface area contributed by atoms with Gasteiger partial charge in [0.25, 0.3) is 0 Å². The Balaban J connectivity index is 1.57. The van der Waals surface area contributed by atoms with Crippen molar-refractivity contribution >= 4 is 16.8 Å². The average Bonchev–Trinajstić information content (AvgIpc) is 3.10. The number of rotatable bonds is 5. The minimum Gasteiger partial charge on any atom is -0.299 e. The van der Waals surface area contributed by atoms with Crippen molar-refractivity contribution < 1.29 is 4.79 Å². The van der Waals surface area contributed by atoms with Crippen molar-refractivity contribution in [1.82, 2.24) is 14.5 Å². The molecule has 0 saturated carbocycles. The van der Waals surface area contributed by atoms with E-state index in [0.29, 0.717) is 18.4 Å². The number of hydrogen-bond acceptors (Lipinski definition) is 3. The molecule has 2 heterocycles. The predicted octanol–water partition coefficient (Wildman–Crippen LogP) is 4.54. The minimum absolute atomic E-state index is 0.126. The van der Waals surface area contributed by atoms with E-state index in [1.54, 1.807) is 12.4 Å². The maximum absolute atomic E-state index is 12.5. The summed E-state index contributed by atoms with van der Waals surface area (Å²) in [5, 5.41) is 0. The third-order valence-electron chi connectivity index (χ3n) is 4.51. The summed E-state index contributed by atoms with van der Waals surface area (Å²) < 4.78 is 2.05. The normalized spacial score (nSPS) is 11.0. The van der Waals surface area contributed by atoms with Gasteiger partial charge in [-0.2, -0.15) is 0 Å². The van der Waals surface area contributed by atoms with E-state index in [2.05, 4.69) is 35.1 Å². The SMILES string of the molecule is Cc1cccc(-n2cnc3cc(C(=O)CCc4cccnc4)ccc32)c1. The van der Waals surface area contributed by atoms with E-state index in [0.717, 1.165) is 22.3 Å². The molecule has 2 aromatic heterocycles. The molecule has 0 saturated heterocycles. The van der Waals surface area contributed by atoms with E-state index in [4.69, 9.17) is 0 Å². The van der Waals surface area contributed by atoms with Crippen molar-refractivity contribution in [3.05, 3.63) is 90.0 Å². The van der Waals surface area contributed by atoms with Gasteiger partial charge in [0.1, 0.15) is 6.33 Å². The molecule has 0 amide bonds. The van der Waals surface area contributed by atoms with Crippen LogP contribution < -0.4 is 0 Å². The van der Waals surface area contributed by atoms with Gasteiger partial charge in [-0.3, -0.25) is 14.3 Å². The molecule has 128 valence electrons. The van der Waals surface area contributed by atoms with Crippen LogP contribution in [0, 0.1) is 6.92 Å². The van der Waals surface area contributed by atoms with E-state index < -0.39 is 0 Å². The molecule has 0 aliphatic carbocycles. The van der Waals surface area contributed by atoms with E-state index in [9.17, 15) is 4.79 Å². The summed E-state index contributed by atoms with van der Waals surface area (Å²) in [6, 6.07) is 17.9. The molecule has 26 heavy (non-hydrogen) atoms. The smallest absolute Gasteiger partial charge is 0.163 e. The number of benzene rings is 2. The molecule has 0 aliphatic rings. The molecule has 0 fully saturated rings. The van der Waals surface area contributed by atoms with Crippen LogP contribution in [0.4, 0.5) is 0 Å². The first-order chi connectivity index (χ1) is 12.7. The Kier molecular flexibility index (Phi) is 4.32. The second-order valence-electron chi connectivity index (χ2n) is 6.44. The quantitative estimate of drug-likeness (QED) is 0.501. The Labute approximate surface area is 152 Å². The van der Waals surface area contributed by atoms with Crippen LogP contribution in [0.25, 0.3) is 16.7 Å². The van der Waals surface area contributed by atoms with Crippen LogP contribution in [0.3, 0.4) is 0 Å². The molecule has 0 aliphatic heterocycles. The van der Waals surface area contributed by atoms with Crippen LogP contribution in [0.2, 0.25) is 0 Å². The van der Waals surface area contributed by atoms with Crippen LogP contribution in [-0.2, 0) is 6.42 Å². The summed E-state index contributed by atoms with van der Waals surface area (Å²) in [5.41, 5.74) is 5.88. The zero-order chi connectivity index (χ0) is 17.9. The van der Waals surface area contributed by atoms with Crippen LogP contribution in [0.1, 0.15) is 27.9 Å². The van der Waals surface area contributed by atoms with Gasteiger partial charge in [0.05, 0.1) is 11.0 Å². The Morgan fingerprint density at radius 2 is 2.00 bits per heavy atom. The number of nitrogens with zero attached hydrogens (tertiary/aromatic N) is 3. The Morgan fingerprint density at radius 3 is 2.81 bits per heavy atom. The number of hydrogen-bond donors (Lipinski definition) is 0. The van der Waals surface area contributed by atoms with Crippen LogP contribution in [0.15, 0.2) is 73.3 Å². The van der Waals surface area contributed by atoms with Gasteiger partial charge in [0.2, 0.25) is 0 Å². The van der Waals surface area contributed by atoms with Crippen LogP contribution in [-0.4, -0.2) is 20.3 Å². The molecule has 2 aromatic carbocycles. The van der Waals surface area contributed by atoms with E-state index in [1.165, 1.54) is 5.56 Å². The second kappa shape index (κ2) is 6.92. The zero-order valence-electron chi connectivity index (χ0n) is 14.6. The topological polar surface area (TPSA) is 47.8 Å². The highest BCUT2D eigenvalue weighted by Gasteiger charge is 2.10. The first-order valence-electron chi connectivity index (χ1n) is 8.67. The lowest BCUT2D eigenvalue weighted by Crippen LogP contribution is -2.01. The fourth-order valence-corrected chi connectivity index (χ4v) is 3.12. The fraction of sp³-hybridized carbons (Fsp3) is 0.136. The summed E-state index contributed by atoms with van der Waals surface area (Å²) in [4.78, 5) is 21.1. The Hall–Kier alpha value is -3.27. The molecule has 0 spiro atoms. The number of Topliss-reactive ketones (excluding diaryl/α,β-unsaturated/α-hetero) is 1. The maximum atomic E-state index is 12.5. The lowest BCUT2D eigenvalue weighted by Gasteiger charge is -2.06. The number of carbonyl (C=O) groups is 1. The number of fused-ring (bicyclic) bond motifs is 1. The first-order valence-corrected chi connectivity index (χ1v) is 8.67. The number of aryl methyl sites for hydroxylation is 2. The summed E-state index contributed by atoms with van der Waals surface area (Å²) in [6.45, 7) is 2.07. The van der Waals surface area contributed by atoms with Crippen molar-refractivity contribution in [2.45, 2.75) is 19.8 Å². The van der Waals surface area contributed by atoms with Gasteiger partial charge in [-0.15, -0.1) is 0 Å². The summed E-state index contributed by atoms with van der Waals surface area (Å²) in [6.07, 6.45) is 6.52. The maximum Gasteiger partial charge on any atom is 0.163 e. The summed E-state index contributed by atoms with van der Waals surface area (Å²) >= 11 is 0. The standard InChI is InChI=1S/C22H19N3O/c1-16-4-2-6-19(12-16)25-15-24-20-13-18(8-9-21(20)25)22(26)10-7-17-5-3-11-23-14-17/h2-6,8-9,11-15H,7,10H2,1H3. The highest BCUT2D eigenvalue weighted by Crippen LogP contribution is 2.21. The van der Waals surface area contributed by atoms with Crippen molar-refractivity contribution in [2.75, 3.05) is 0 Å². The van der Waals surface area contributed by atoms with Crippen molar-refractivity contribution in [3.63, 3.8) is 0 Å². The first kappa shape index (κ1) is 16.2. The molecule has 4 rings (SSSR count). The number of imidazole rings is 1. The van der Waals surface area contributed by atoms with Gasteiger partial charge in [-0.05, 0) is 60.9 Å². The molecule has 4 nitrogen and oxygen atoms in total. The second-order valence-corrected chi connectivity index (χ2v) is 6.44. The lowest BCUT2D eigenvalue weighted by molar-refractivity contribution is 0.0983. The number of carbonyl (C=O) groups excluding carboxylic acids is 1. The zero-order valence-corrected chi connectivity index (χ0v) is 14.6. The molecular formula is C22H19N3O. The van der Waals surface area contributed by atoms with Gasteiger partial charge in [-0.25, -0.2) is 4.98 Å². The average molecular weight is 341 g/mol. The van der Waals surface area contributed by atoms with Gasteiger partial charge >= 0.3 is 0 Å². The summed E-state index contributed by atoms with van der Waals surface area (Å²) in [7, 11) is 0. The number of ketones is 1. The molecule has 0 radical (unpaired) electrons. The molecule has 0 unspecified atom stereocenters. The third-order valence-corrected chi connectivity index (χ3v) is 4.51. The van der Waals surface area contributed by atoms with E-state index >= 15 is 0 Å². The Morgan fingerprint density at radius 1 is 1.08 bits per heavy atom. The van der Waals surface area contributed by atoms with Gasteiger partial charge in [0, 0.05) is 30.1 Å².